The van der Waals surface area contributed by atoms with Crippen LogP contribution in [-0.2, 0) is 14.3 Å². The zero-order valence-electron chi connectivity index (χ0n) is 7.16. The summed E-state index contributed by atoms with van der Waals surface area (Å²) in [6.45, 7) is 2.69. The van der Waals surface area contributed by atoms with Crippen LogP contribution in [0.4, 0.5) is 0 Å². The number of carboxylic acid groups (broad SMARTS) is 1. The summed E-state index contributed by atoms with van der Waals surface area (Å²) in [6.07, 6.45) is 1.41. The van der Waals surface area contributed by atoms with Crippen molar-refractivity contribution in [3.8, 4) is 0 Å². The van der Waals surface area contributed by atoms with Crippen LogP contribution >= 0.6 is 0 Å². The van der Waals surface area contributed by atoms with Crippen molar-refractivity contribution in [1.29, 1.82) is 0 Å². The summed E-state index contributed by atoms with van der Waals surface area (Å²) < 4.78 is 10.3. The van der Waals surface area contributed by atoms with E-state index >= 15 is 0 Å². The largest absolute Gasteiger partial charge is 0.479 e. The fourth-order valence-corrected chi connectivity index (χ4v) is 1.10. The summed E-state index contributed by atoms with van der Waals surface area (Å²) in [5.41, 5.74) is 0. The molecule has 1 rings (SSSR count). The van der Waals surface area contributed by atoms with Crippen molar-refractivity contribution in [2.24, 2.45) is 0 Å². The third-order valence-electron chi connectivity index (χ3n) is 1.90. The van der Waals surface area contributed by atoms with Gasteiger partial charge in [-0.2, -0.15) is 0 Å². The van der Waals surface area contributed by atoms with Crippen molar-refractivity contribution < 1.29 is 19.4 Å². The molecule has 12 heavy (non-hydrogen) atoms. The molecule has 0 aromatic heterocycles. The summed E-state index contributed by atoms with van der Waals surface area (Å²) in [6, 6.07) is 0. The van der Waals surface area contributed by atoms with Crippen LogP contribution in [0.3, 0.4) is 0 Å². The molecule has 1 aliphatic heterocycles. The molecule has 1 fully saturated rings. The number of ether oxygens (including phenoxy) is 2. The minimum atomic E-state index is -0.923. The first-order chi connectivity index (χ1) is 5.70. The summed E-state index contributed by atoms with van der Waals surface area (Å²) in [4.78, 5) is 10.3. The first-order valence-corrected chi connectivity index (χ1v) is 4.16. The van der Waals surface area contributed by atoms with Crippen molar-refractivity contribution in [3.63, 3.8) is 0 Å². The third-order valence-corrected chi connectivity index (χ3v) is 1.90. The van der Waals surface area contributed by atoms with Gasteiger partial charge < -0.3 is 14.6 Å². The zero-order valence-corrected chi connectivity index (χ0v) is 7.16. The molecule has 0 unspecified atom stereocenters. The molecule has 1 N–H and O–H groups in total. The van der Waals surface area contributed by atoms with Gasteiger partial charge in [0, 0.05) is 6.61 Å². The Labute approximate surface area is 71.5 Å². The van der Waals surface area contributed by atoms with Crippen LogP contribution in [0.15, 0.2) is 0 Å². The van der Waals surface area contributed by atoms with Gasteiger partial charge >= 0.3 is 5.97 Å². The lowest BCUT2D eigenvalue weighted by Crippen LogP contribution is -2.25. The average molecular weight is 174 g/mol. The van der Waals surface area contributed by atoms with Crippen LogP contribution in [0.5, 0.6) is 0 Å². The number of hydrogen-bond donors (Lipinski definition) is 1. The van der Waals surface area contributed by atoms with Crippen LogP contribution in [0.1, 0.15) is 19.8 Å². The van der Waals surface area contributed by atoms with Gasteiger partial charge in [0.25, 0.3) is 0 Å². The molecule has 4 heteroatoms. The fraction of sp³-hybridized carbons (Fsp3) is 0.875. The van der Waals surface area contributed by atoms with Crippen molar-refractivity contribution in [2.75, 3.05) is 13.2 Å². The van der Waals surface area contributed by atoms with E-state index in [1.54, 1.807) is 0 Å². The predicted octanol–water partition coefficient (Wildman–Crippen LogP) is 0.655. The van der Waals surface area contributed by atoms with E-state index < -0.39 is 12.1 Å². The number of aliphatic carboxylic acids is 1. The van der Waals surface area contributed by atoms with Gasteiger partial charge in [0.05, 0.1) is 12.7 Å². The number of carbonyl (C=O) groups is 1. The zero-order chi connectivity index (χ0) is 8.97. The van der Waals surface area contributed by atoms with E-state index in [0.29, 0.717) is 6.61 Å². The van der Waals surface area contributed by atoms with E-state index in [1.807, 2.05) is 0 Å². The van der Waals surface area contributed by atoms with Crippen LogP contribution in [0.25, 0.3) is 0 Å². The lowest BCUT2D eigenvalue weighted by Gasteiger charge is -2.12. The summed E-state index contributed by atoms with van der Waals surface area (Å²) >= 11 is 0. The van der Waals surface area contributed by atoms with Crippen molar-refractivity contribution in [2.45, 2.75) is 32.0 Å². The molecule has 0 aliphatic carbocycles. The highest BCUT2D eigenvalue weighted by Crippen LogP contribution is 2.12. The van der Waals surface area contributed by atoms with Crippen molar-refractivity contribution in [1.82, 2.24) is 0 Å². The molecule has 1 heterocycles. The second-order valence-corrected chi connectivity index (χ2v) is 2.95. The normalized spacial score (nSPS) is 25.6. The maximum absolute atomic E-state index is 10.3. The molecule has 0 spiro atoms. The second kappa shape index (κ2) is 4.42. The van der Waals surface area contributed by atoms with Gasteiger partial charge in [-0.3, -0.25) is 0 Å². The van der Waals surface area contributed by atoms with Gasteiger partial charge in [0.15, 0.2) is 6.10 Å². The third kappa shape index (κ3) is 2.79. The first-order valence-electron chi connectivity index (χ1n) is 4.16. The highest BCUT2D eigenvalue weighted by atomic mass is 16.5. The lowest BCUT2D eigenvalue weighted by molar-refractivity contribution is -0.150. The van der Waals surface area contributed by atoms with Gasteiger partial charge in [0.2, 0.25) is 0 Å². The Bertz CT molecular complexity index is 151. The molecule has 1 aliphatic rings. The number of carboxylic acids is 1. The molecule has 2 atom stereocenters. The topological polar surface area (TPSA) is 55.8 Å². The molecule has 0 radical (unpaired) electrons. The van der Waals surface area contributed by atoms with Crippen LogP contribution in [-0.4, -0.2) is 36.5 Å². The molecule has 0 saturated carbocycles. The highest BCUT2D eigenvalue weighted by Gasteiger charge is 2.18. The minimum absolute atomic E-state index is 0.104. The molecular formula is C8H14O4. The molecular weight excluding hydrogens is 160 g/mol. The molecule has 1 saturated heterocycles. The smallest absolute Gasteiger partial charge is 0.332 e. The first kappa shape index (κ1) is 9.48. The number of hydrogen-bond acceptors (Lipinski definition) is 3. The van der Waals surface area contributed by atoms with Gasteiger partial charge in [-0.05, 0) is 19.8 Å². The SMILES string of the molecule is C[C@H](OC[C@@H]1CCCO1)C(=O)O. The Morgan fingerprint density at radius 3 is 3.08 bits per heavy atom. The van der Waals surface area contributed by atoms with Crippen molar-refractivity contribution in [3.05, 3.63) is 0 Å². The van der Waals surface area contributed by atoms with Crippen molar-refractivity contribution >= 4 is 5.97 Å². The number of rotatable bonds is 4. The molecule has 0 aromatic carbocycles. The van der Waals surface area contributed by atoms with Gasteiger partial charge in [-0.15, -0.1) is 0 Å². The highest BCUT2D eigenvalue weighted by molar-refractivity contribution is 5.71. The maximum atomic E-state index is 10.3. The quantitative estimate of drug-likeness (QED) is 0.680. The van der Waals surface area contributed by atoms with Gasteiger partial charge in [-0.1, -0.05) is 0 Å². The predicted molar refractivity (Wildman–Crippen MR) is 42.0 cm³/mol. The molecule has 0 bridgehead atoms. The summed E-state index contributed by atoms with van der Waals surface area (Å²) in [7, 11) is 0. The minimum Gasteiger partial charge on any atom is -0.479 e. The fourth-order valence-electron chi connectivity index (χ4n) is 1.10. The lowest BCUT2D eigenvalue weighted by atomic mass is 10.2. The van der Waals surface area contributed by atoms with E-state index in [4.69, 9.17) is 14.6 Å². The Kier molecular flexibility index (Phi) is 3.49. The standard InChI is InChI=1S/C8H14O4/c1-6(8(9)10)12-5-7-3-2-4-11-7/h6-7H,2-5H2,1H3,(H,9,10)/t6-,7-/m0/s1. The summed E-state index contributed by atoms with van der Waals surface area (Å²) in [5.74, 6) is -0.923. The van der Waals surface area contributed by atoms with E-state index in [-0.39, 0.29) is 6.10 Å². The van der Waals surface area contributed by atoms with Crippen LogP contribution in [0.2, 0.25) is 0 Å². The van der Waals surface area contributed by atoms with Crippen LogP contribution < -0.4 is 0 Å². The van der Waals surface area contributed by atoms with E-state index in [0.717, 1.165) is 19.4 Å². The van der Waals surface area contributed by atoms with E-state index in [1.165, 1.54) is 6.92 Å². The summed E-state index contributed by atoms with van der Waals surface area (Å²) in [5, 5.41) is 8.49. The maximum Gasteiger partial charge on any atom is 0.332 e. The molecule has 70 valence electrons. The van der Waals surface area contributed by atoms with Crippen LogP contribution in [0, 0.1) is 0 Å². The monoisotopic (exact) mass is 174 g/mol. The van der Waals surface area contributed by atoms with Gasteiger partial charge in [0.1, 0.15) is 0 Å². The second-order valence-electron chi connectivity index (χ2n) is 2.95. The van der Waals surface area contributed by atoms with Gasteiger partial charge in [-0.25, -0.2) is 4.79 Å². The Hall–Kier alpha value is -0.610. The van der Waals surface area contributed by atoms with E-state index in [9.17, 15) is 4.79 Å². The Morgan fingerprint density at radius 1 is 1.83 bits per heavy atom. The van der Waals surface area contributed by atoms with E-state index in [2.05, 4.69) is 0 Å². The molecule has 0 amide bonds. The Morgan fingerprint density at radius 2 is 2.58 bits per heavy atom. The average Bonchev–Trinajstić information content (AvgIpc) is 2.51. The molecule has 0 aromatic rings. The molecule has 4 nitrogen and oxygen atoms in total. The Balaban J connectivity index is 2.11.